The Morgan fingerprint density at radius 2 is 2.08 bits per heavy atom. The molecule has 1 N–H and O–H groups in total. The van der Waals surface area contributed by atoms with Crippen molar-refractivity contribution in [2.24, 2.45) is 5.10 Å². The van der Waals surface area contributed by atoms with Gasteiger partial charge < -0.3 is 9.47 Å². The Morgan fingerprint density at radius 1 is 1.35 bits per heavy atom. The minimum Gasteiger partial charge on any atom is -0.484 e. The first-order valence-corrected chi connectivity index (χ1v) is 8.75. The molecule has 0 atom stereocenters. The maximum Gasteiger partial charge on any atom is 0.326 e. The Labute approximate surface area is 158 Å². The van der Waals surface area contributed by atoms with Gasteiger partial charge in [-0.05, 0) is 19.1 Å². The van der Waals surface area contributed by atoms with E-state index < -0.39 is 16.7 Å². The van der Waals surface area contributed by atoms with Gasteiger partial charge in [0.15, 0.2) is 6.61 Å². The minimum absolute atomic E-state index is 0.0478. The van der Waals surface area contributed by atoms with E-state index in [1.807, 2.05) is 6.07 Å². The Bertz CT molecular complexity index is 847. The van der Waals surface area contributed by atoms with Crippen LogP contribution in [0.15, 0.2) is 40.2 Å². The first-order valence-electron chi connectivity index (χ1n) is 7.55. The monoisotopic (exact) mass is 397 g/mol. The van der Waals surface area contributed by atoms with E-state index in [4.69, 9.17) is 21.1 Å². The number of halogens is 1. The molecule has 0 aliphatic heterocycles. The van der Waals surface area contributed by atoms with Crippen molar-refractivity contribution in [1.29, 1.82) is 0 Å². The fraction of sp³-hybridized carbons (Fsp3) is 0.250. The minimum atomic E-state index is -0.566. The predicted octanol–water partition coefficient (Wildman–Crippen LogP) is 1.66. The second-order valence-electron chi connectivity index (χ2n) is 4.81. The van der Waals surface area contributed by atoms with Crippen molar-refractivity contribution < 1.29 is 19.1 Å². The molecule has 138 valence electrons. The van der Waals surface area contributed by atoms with Gasteiger partial charge >= 0.3 is 10.8 Å². The standard InChI is InChI=1S/C16H16ClN3O5S/c1-2-24-14(22)9-20-15(17)12(26-16(20)23)8-18-19-13(21)10-25-11-6-4-3-5-7-11/h3-8H,2,9-10H2,1H3,(H,19,21)/b18-8+. The highest BCUT2D eigenvalue weighted by Crippen LogP contribution is 2.16. The van der Waals surface area contributed by atoms with Crippen molar-refractivity contribution >= 4 is 41.0 Å². The molecule has 1 amide bonds. The van der Waals surface area contributed by atoms with Crippen LogP contribution in [0.3, 0.4) is 0 Å². The van der Waals surface area contributed by atoms with Crippen molar-refractivity contribution in [3.8, 4) is 5.75 Å². The number of thiazole rings is 1. The van der Waals surface area contributed by atoms with E-state index in [9.17, 15) is 14.4 Å². The highest BCUT2D eigenvalue weighted by molar-refractivity contribution is 7.11. The number of rotatable bonds is 8. The van der Waals surface area contributed by atoms with Gasteiger partial charge in [0.05, 0.1) is 17.7 Å². The molecule has 1 aromatic heterocycles. The lowest BCUT2D eigenvalue weighted by atomic mass is 10.3. The Kier molecular flexibility index (Phi) is 7.37. The zero-order valence-corrected chi connectivity index (χ0v) is 15.4. The molecule has 0 fully saturated rings. The molecule has 1 heterocycles. The van der Waals surface area contributed by atoms with E-state index in [1.54, 1.807) is 31.2 Å². The molecule has 0 saturated carbocycles. The van der Waals surface area contributed by atoms with Gasteiger partial charge in [-0.3, -0.25) is 19.0 Å². The summed E-state index contributed by atoms with van der Waals surface area (Å²) in [5, 5.41) is 3.79. The van der Waals surface area contributed by atoms with Crippen molar-refractivity contribution in [1.82, 2.24) is 9.99 Å². The predicted molar refractivity (Wildman–Crippen MR) is 97.9 cm³/mol. The van der Waals surface area contributed by atoms with Gasteiger partial charge in [-0.15, -0.1) is 0 Å². The summed E-state index contributed by atoms with van der Waals surface area (Å²) in [5.41, 5.74) is 2.27. The summed E-state index contributed by atoms with van der Waals surface area (Å²) >= 11 is 6.87. The average Bonchev–Trinajstić information content (AvgIpc) is 2.89. The summed E-state index contributed by atoms with van der Waals surface area (Å²) in [5.74, 6) is -0.479. The molecule has 1 aromatic carbocycles. The number of nitrogens with one attached hydrogen (secondary N) is 1. The SMILES string of the molecule is CCOC(=O)Cn1c(Cl)c(/C=N/NC(=O)COc2ccccc2)sc1=O. The molecule has 0 unspecified atom stereocenters. The van der Waals surface area contributed by atoms with E-state index in [1.165, 1.54) is 6.21 Å². The summed E-state index contributed by atoms with van der Waals surface area (Å²) < 4.78 is 11.1. The number of carbonyl (C=O) groups excluding carboxylic acids is 2. The van der Waals surface area contributed by atoms with Crippen LogP contribution < -0.4 is 15.0 Å². The third-order valence-corrected chi connectivity index (χ3v) is 4.37. The van der Waals surface area contributed by atoms with Crippen molar-refractivity contribution in [2.75, 3.05) is 13.2 Å². The number of aromatic nitrogens is 1. The number of hydrogen-bond donors (Lipinski definition) is 1. The van der Waals surface area contributed by atoms with Gasteiger partial charge in [0.2, 0.25) is 0 Å². The summed E-state index contributed by atoms with van der Waals surface area (Å²) in [6.07, 6.45) is 1.23. The number of benzene rings is 1. The van der Waals surface area contributed by atoms with Crippen LogP contribution in [-0.4, -0.2) is 35.9 Å². The first kappa shape index (κ1) is 19.7. The van der Waals surface area contributed by atoms with Crippen LogP contribution in [0.25, 0.3) is 0 Å². The molecule has 0 bridgehead atoms. The Morgan fingerprint density at radius 3 is 2.77 bits per heavy atom. The van der Waals surface area contributed by atoms with E-state index in [2.05, 4.69) is 10.5 Å². The van der Waals surface area contributed by atoms with Crippen LogP contribution in [0, 0.1) is 0 Å². The lowest BCUT2D eigenvalue weighted by molar-refractivity contribution is -0.143. The molecule has 0 aliphatic rings. The molecule has 0 spiro atoms. The largest absolute Gasteiger partial charge is 0.484 e. The molecule has 8 nitrogen and oxygen atoms in total. The highest BCUT2D eigenvalue weighted by Gasteiger charge is 2.15. The number of para-hydroxylation sites is 1. The lowest BCUT2D eigenvalue weighted by Gasteiger charge is -2.04. The zero-order valence-electron chi connectivity index (χ0n) is 13.8. The first-order chi connectivity index (χ1) is 12.5. The second-order valence-corrected chi connectivity index (χ2v) is 6.16. The van der Waals surface area contributed by atoms with Crippen LogP contribution in [0.2, 0.25) is 5.15 Å². The van der Waals surface area contributed by atoms with Gasteiger partial charge in [0.1, 0.15) is 17.4 Å². The summed E-state index contributed by atoms with van der Waals surface area (Å²) in [6, 6.07) is 8.85. The number of carbonyl (C=O) groups is 2. The van der Waals surface area contributed by atoms with Crippen LogP contribution in [0.5, 0.6) is 5.75 Å². The van der Waals surface area contributed by atoms with Gasteiger partial charge in [0.25, 0.3) is 5.91 Å². The lowest BCUT2D eigenvalue weighted by Crippen LogP contribution is -2.24. The number of esters is 1. The van der Waals surface area contributed by atoms with E-state index >= 15 is 0 Å². The Balaban J connectivity index is 1.90. The fourth-order valence-electron chi connectivity index (χ4n) is 1.81. The van der Waals surface area contributed by atoms with Crippen LogP contribution in [0.1, 0.15) is 11.8 Å². The summed E-state index contributed by atoms with van der Waals surface area (Å²) in [7, 11) is 0. The fourth-order valence-corrected chi connectivity index (χ4v) is 2.92. The quantitative estimate of drug-likeness (QED) is 0.415. The Hall–Kier alpha value is -2.65. The number of ether oxygens (including phenoxy) is 2. The second kappa shape index (κ2) is 9.73. The molecule has 26 heavy (non-hydrogen) atoms. The molecule has 10 heteroatoms. The third kappa shape index (κ3) is 5.71. The molecule has 2 rings (SSSR count). The summed E-state index contributed by atoms with van der Waals surface area (Å²) in [6.45, 7) is 1.38. The zero-order chi connectivity index (χ0) is 18.9. The third-order valence-electron chi connectivity index (χ3n) is 2.93. The number of nitrogens with zero attached hydrogens (tertiary/aromatic N) is 2. The maximum absolute atomic E-state index is 11.9. The van der Waals surface area contributed by atoms with Crippen molar-refractivity contribution in [3.05, 3.63) is 50.0 Å². The molecular formula is C16H16ClN3O5S. The number of hydrazone groups is 1. The van der Waals surface area contributed by atoms with E-state index in [-0.39, 0.29) is 24.9 Å². The number of amides is 1. The van der Waals surface area contributed by atoms with Crippen molar-refractivity contribution in [3.63, 3.8) is 0 Å². The smallest absolute Gasteiger partial charge is 0.326 e. The number of hydrogen-bond acceptors (Lipinski definition) is 7. The summed E-state index contributed by atoms with van der Waals surface area (Å²) in [4.78, 5) is 34.9. The molecular weight excluding hydrogens is 382 g/mol. The van der Waals surface area contributed by atoms with E-state index in [0.29, 0.717) is 10.6 Å². The van der Waals surface area contributed by atoms with Crippen LogP contribution in [0.4, 0.5) is 0 Å². The van der Waals surface area contributed by atoms with Gasteiger partial charge in [-0.2, -0.15) is 5.10 Å². The van der Waals surface area contributed by atoms with Gasteiger partial charge in [-0.25, -0.2) is 5.43 Å². The highest BCUT2D eigenvalue weighted by atomic mass is 35.5. The van der Waals surface area contributed by atoms with E-state index in [0.717, 1.165) is 15.9 Å². The van der Waals surface area contributed by atoms with Crippen LogP contribution in [-0.2, 0) is 20.9 Å². The van der Waals surface area contributed by atoms with Crippen molar-refractivity contribution in [2.45, 2.75) is 13.5 Å². The maximum atomic E-state index is 11.9. The molecule has 0 aliphatic carbocycles. The molecule has 0 radical (unpaired) electrons. The normalized spacial score (nSPS) is 10.7. The molecule has 2 aromatic rings. The molecule has 0 saturated heterocycles. The van der Waals surface area contributed by atoms with Gasteiger partial charge in [-0.1, -0.05) is 41.1 Å². The van der Waals surface area contributed by atoms with Gasteiger partial charge in [0, 0.05) is 0 Å². The van der Waals surface area contributed by atoms with Crippen LogP contribution >= 0.6 is 22.9 Å². The average molecular weight is 398 g/mol. The topological polar surface area (TPSA) is 99.0 Å².